The average Bonchev–Trinajstić information content (AvgIpc) is 2.49. The molecule has 0 aliphatic heterocycles. The summed E-state index contributed by atoms with van der Waals surface area (Å²) in [5.41, 5.74) is 3.66. The highest BCUT2D eigenvalue weighted by Gasteiger charge is 2.14. The molecule has 0 saturated carbocycles. The molecule has 0 unspecified atom stereocenters. The first-order valence-electron chi connectivity index (χ1n) is 7.12. The van der Waals surface area contributed by atoms with Gasteiger partial charge in [-0.3, -0.25) is 4.79 Å². The Balaban J connectivity index is 1.88. The minimum atomic E-state index is -0.101. The van der Waals surface area contributed by atoms with Crippen molar-refractivity contribution in [3.05, 3.63) is 65.2 Å². The summed E-state index contributed by atoms with van der Waals surface area (Å²) in [7, 11) is 0. The summed E-state index contributed by atoms with van der Waals surface area (Å²) in [4.78, 5) is 13.3. The van der Waals surface area contributed by atoms with E-state index in [1.54, 1.807) is 11.8 Å². The van der Waals surface area contributed by atoms with Gasteiger partial charge in [-0.1, -0.05) is 36.4 Å². The van der Waals surface area contributed by atoms with Crippen LogP contribution in [0.25, 0.3) is 0 Å². The zero-order chi connectivity index (χ0) is 15.2. The largest absolute Gasteiger partial charge is 0.351 e. The van der Waals surface area contributed by atoms with Gasteiger partial charge in [0.25, 0.3) is 0 Å². The van der Waals surface area contributed by atoms with Gasteiger partial charge in [-0.05, 0) is 49.6 Å². The molecular formula is C18H21NOS. The van der Waals surface area contributed by atoms with Crippen molar-refractivity contribution in [2.45, 2.75) is 37.5 Å². The summed E-state index contributed by atoms with van der Waals surface area (Å²) in [6.45, 7) is 6.72. The Morgan fingerprint density at radius 1 is 1.10 bits per heavy atom. The summed E-state index contributed by atoms with van der Waals surface area (Å²) < 4.78 is 0. The lowest BCUT2D eigenvalue weighted by molar-refractivity contribution is -0.120. The molecule has 1 N–H and O–H groups in total. The lowest BCUT2D eigenvalue weighted by atomic mass is 10.1. The summed E-state index contributed by atoms with van der Waals surface area (Å²) in [6.07, 6.45) is 0. The summed E-state index contributed by atoms with van der Waals surface area (Å²) in [6, 6.07) is 16.3. The lowest BCUT2D eigenvalue weighted by Gasteiger charge is -2.13. The van der Waals surface area contributed by atoms with E-state index in [0.717, 1.165) is 10.5 Å². The normalized spacial score (nSPS) is 12.0. The lowest BCUT2D eigenvalue weighted by Crippen LogP contribution is -2.30. The van der Waals surface area contributed by atoms with Gasteiger partial charge in [-0.2, -0.15) is 0 Å². The number of hydrogen-bond acceptors (Lipinski definition) is 2. The molecule has 110 valence electrons. The molecule has 0 aromatic heterocycles. The molecule has 2 aromatic rings. The third-order valence-electron chi connectivity index (χ3n) is 3.47. The Hall–Kier alpha value is -1.74. The molecule has 0 fully saturated rings. The highest BCUT2D eigenvalue weighted by Crippen LogP contribution is 2.25. The number of carbonyl (C=O) groups is 1. The maximum atomic E-state index is 12.1. The first-order chi connectivity index (χ1) is 10.1. The van der Waals surface area contributed by atoms with E-state index >= 15 is 0 Å². The van der Waals surface area contributed by atoms with Crippen LogP contribution in [0.5, 0.6) is 0 Å². The van der Waals surface area contributed by atoms with Crippen LogP contribution in [0, 0.1) is 13.8 Å². The Bertz CT molecular complexity index is 610. The van der Waals surface area contributed by atoms with E-state index in [2.05, 4.69) is 37.4 Å². The standard InChI is InChI=1S/C18H21NOS/c1-13-9-10-17(11-14(13)2)21-15(3)18(20)19-12-16-7-5-4-6-8-16/h4-11,15H,12H2,1-3H3,(H,19,20)/t15-/m0/s1. The van der Waals surface area contributed by atoms with E-state index in [1.165, 1.54) is 11.1 Å². The number of carbonyl (C=O) groups excluding carboxylic acids is 1. The van der Waals surface area contributed by atoms with Crippen molar-refractivity contribution in [2.75, 3.05) is 0 Å². The molecule has 0 aliphatic carbocycles. The van der Waals surface area contributed by atoms with Gasteiger partial charge in [0.15, 0.2) is 0 Å². The monoisotopic (exact) mass is 299 g/mol. The third-order valence-corrected chi connectivity index (χ3v) is 4.56. The van der Waals surface area contributed by atoms with Gasteiger partial charge in [-0.15, -0.1) is 11.8 Å². The topological polar surface area (TPSA) is 29.1 Å². The van der Waals surface area contributed by atoms with E-state index in [9.17, 15) is 4.79 Å². The molecule has 0 bridgehead atoms. The van der Waals surface area contributed by atoms with Crippen molar-refractivity contribution in [1.29, 1.82) is 0 Å². The van der Waals surface area contributed by atoms with Crippen molar-refractivity contribution in [3.63, 3.8) is 0 Å². The Kier molecular flexibility index (Phi) is 5.45. The van der Waals surface area contributed by atoms with Crippen LogP contribution in [0.4, 0.5) is 0 Å². The van der Waals surface area contributed by atoms with Gasteiger partial charge < -0.3 is 5.32 Å². The molecule has 2 nitrogen and oxygen atoms in total. The Morgan fingerprint density at radius 2 is 1.81 bits per heavy atom. The second-order valence-electron chi connectivity index (χ2n) is 5.21. The predicted molar refractivity (Wildman–Crippen MR) is 89.5 cm³/mol. The smallest absolute Gasteiger partial charge is 0.233 e. The van der Waals surface area contributed by atoms with Crippen LogP contribution >= 0.6 is 11.8 Å². The van der Waals surface area contributed by atoms with Crippen molar-refractivity contribution < 1.29 is 4.79 Å². The van der Waals surface area contributed by atoms with Crippen LogP contribution in [-0.2, 0) is 11.3 Å². The summed E-state index contributed by atoms with van der Waals surface area (Å²) in [5.74, 6) is 0.0714. The molecule has 0 saturated heterocycles. The summed E-state index contributed by atoms with van der Waals surface area (Å²) in [5, 5.41) is 2.88. The zero-order valence-electron chi connectivity index (χ0n) is 12.7. The van der Waals surface area contributed by atoms with Gasteiger partial charge in [0, 0.05) is 11.4 Å². The number of amides is 1. The number of aryl methyl sites for hydroxylation is 2. The van der Waals surface area contributed by atoms with Crippen molar-refractivity contribution in [1.82, 2.24) is 5.32 Å². The van der Waals surface area contributed by atoms with E-state index in [1.807, 2.05) is 37.3 Å². The Morgan fingerprint density at radius 3 is 2.48 bits per heavy atom. The van der Waals surface area contributed by atoms with Gasteiger partial charge in [0.2, 0.25) is 5.91 Å². The highest BCUT2D eigenvalue weighted by molar-refractivity contribution is 8.00. The van der Waals surface area contributed by atoms with Crippen LogP contribution in [0.3, 0.4) is 0 Å². The molecule has 2 aromatic carbocycles. The molecule has 1 amide bonds. The van der Waals surface area contributed by atoms with Crippen LogP contribution in [0.2, 0.25) is 0 Å². The molecule has 2 rings (SSSR count). The fourth-order valence-corrected chi connectivity index (χ4v) is 2.96. The molecular weight excluding hydrogens is 278 g/mol. The van der Waals surface area contributed by atoms with Crippen molar-refractivity contribution in [3.8, 4) is 0 Å². The average molecular weight is 299 g/mol. The van der Waals surface area contributed by atoms with E-state index in [4.69, 9.17) is 0 Å². The highest BCUT2D eigenvalue weighted by atomic mass is 32.2. The van der Waals surface area contributed by atoms with Crippen LogP contribution < -0.4 is 5.32 Å². The van der Waals surface area contributed by atoms with Gasteiger partial charge in [-0.25, -0.2) is 0 Å². The SMILES string of the molecule is Cc1ccc(S[C@@H](C)C(=O)NCc2ccccc2)cc1C. The molecule has 3 heteroatoms. The minimum Gasteiger partial charge on any atom is -0.351 e. The molecule has 21 heavy (non-hydrogen) atoms. The fraction of sp³-hybridized carbons (Fsp3) is 0.278. The predicted octanol–water partition coefficient (Wildman–Crippen LogP) is 4.10. The molecule has 1 atom stereocenters. The number of benzene rings is 2. The van der Waals surface area contributed by atoms with Crippen molar-refractivity contribution >= 4 is 17.7 Å². The van der Waals surface area contributed by atoms with Gasteiger partial charge in [0.1, 0.15) is 0 Å². The number of hydrogen-bond donors (Lipinski definition) is 1. The van der Waals surface area contributed by atoms with E-state index < -0.39 is 0 Å². The van der Waals surface area contributed by atoms with Crippen LogP contribution in [0.15, 0.2) is 53.4 Å². The Labute approximate surface area is 131 Å². The van der Waals surface area contributed by atoms with E-state index in [0.29, 0.717) is 6.54 Å². The van der Waals surface area contributed by atoms with Gasteiger partial charge in [0.05, 0.1) is 5.25 Å². The second kappa shape index (κ2) is 7.32. The summed E-state index contributed by atoms with van der Waals surface area (Å²) >= 11 is 1.60. The third kappa shape index (κ3) is 4.64. The van der Waals surface area contributed by atoms with Crippen molar-refractivity contribution in [2.24, 2.45) is 0 Å². The minimum absolute atomic E-state index is 0.0714. The maximum absolute atomic E-state index is 12.1. The second-order valence-corrected chi connectivity index (χ2v) is 6.62. The molecule has 0 spiro atoms. The fourth-order valence-electron chi connectivity index (χ4n) is 1.97. The maximum Gasteiger partial charge on any atom is 0.233 e. The van der Waals surface area contributed by atoms with E-state index in [-0.39, 0.29) is 11.2 Å². The first-order valence-corrected chi connectivity index (χ1v) is 8.00. The quantitative estimate of drug-likeness (QED) is 0.842. The molecule has 0 radical (unpaired) electrons. The molecule has 0 heterocycles. The van der Waals surface area contributed by atoms with Crippen LogP contribution in [0.1, 0.15) is 23.6 Å². The number of rotatable bonds is 5. The van der Waals surface area contributed by atoms with Gasteiger partial charge >= 0.3 is 0 Å². The van der Waals surface area contributed by atoms with Crippen LogP contribution in [-0.4, -0.2) is 11.2 Å². The zero-order valence-corrected chi connectivity index (χ0v) is 13.5. The molecule has 0 aliphatic rings. The first kappa shape index (κ1) is 15.6. The number of nitrogens with one attached hydrogen (secondary N) is 1. The number of thioether (sulfide) groups is 1.